The number of amides is 2. The molecule has 0 saturated carbocycles. The van der Waals surface area contributed by atoms with Crippen LogP contribution in [0.25, 0.3) is 0 Å². The second kappa shape index (κ2) is 7.98. The number of carbonyl (C=O) groups excluding carboxylic acids is 2. The van der Waals surface area contributed by atoms with Crippen molar-refractivity contribution in [2.45, 2.75) is 32.8 Å². The zero-order valence-corrected chi connectivity index (χ0v) is 13.0. The van der Waals surface area contributed by atoms with Crippen molar-refractivity contribution in [3.8, 4) is 5.75 Å². The summed E-state index contributed by atoms with van der Waals surface area (Å²) in [7, 11) is 0. The van der Waals surface area contributed by atoms with Gasteiger partial charge in [-0.3, -0.25) is 20.4 Å². The van der Waals surface area contributed by atoms with Crippen LogP contribution in [0.3, 0.4) is 0 Å². The third-order valence-corrected chi connectivity index (χ3v) is 3.29. The van der Waals surface area contributed by atoms with E-state index >= 15 is 0 Å². The molecule has 2 rings (SSSR count). The maximum atomic E-state index is 12.0. The van der Waals surface area contributed by atoms with Gasteiger partial charge in [0, 0.05) is 11.6 Å². The zero-order valence-electron chi connectivity index (χ0n) is 13.0. The molecule has 0 aliphatic heterocycles. The third kappa shape index (κ3) is 4.57. The van der Waals surface area contributed by atoms with Crippen molar-refractivity contribution in [2.24, 2.45) is 0 Å². The highest BCUT2D eigenvalue weighted by atomic mass is 16.5. The second-order valence-corrected chi connectivity index (χ2v) is 4.87. The molecular weight excluding hydrogens is 298 g/mol. The standard InChI is InChI=1S/C16H19N3O4/c1-3-12(4-2)23-13-7-5-11(6-8-13)15(20)17-18-16(21)14-9-10-22-19-14/h5-10,12H,3-4H2,1-2H3,(H,17,20)(H,18,21). The average molecular weight is 317 g/mol. The molecule has 0 unspecified atom stereocenters. The van der Waals surface area contributed by atoms with E-state index in [1.54, 1.807) is 24.3 Å². The molecule has 2 amide bonds. The molecule has 7 nitrogen and oxygen atoms in total. The number of carbonyl (C=O) groups is 2. The molecule has 2 aromatic rings. The highest BCUT2D eigenvalue weighted by Gasteiger charge is 2.12. The van der Waals surface area contributed by atoms with E-state index in [2.05, 4.69) is 34.4 Å². The molecular formula is C16H19N3O4. The smallest absolute Gasteiger partial charge is 0.291 e. The van der Waals surface area contributed by atoms with E-state index in [0.29, 0.717) is 11.3 Å². The van der Waals surface area contributed by atoms with E-state index in [9.17, 15) is 9.59 Å². The molecule has 0 atom stereocenters. The second-order valence-electron chi connectivity index (χ2n) is 4.87. The average Bonchev–Trinajstić information content (AvgIpc) is 3.12. The van der Waals surface area contributed by atoms with E-state index < -0.39 is 11.8 Å². The van der Waals surface area contributed by atoms with Gasteiger partial charge in [0.05, 0.1) is 6.10 Å². The summed E-state index contributed by atoms with van der Waals surface area (Å²) in [6.07, 6.45) is 3.28. The van der Waals surface area contributed by atoms with Gasteiger partial charge in [-0.1, -0.05) is 19.0 Å². The Hall–Kier alpha value is -2.83. The fourth-order valence-corrected chi connectivity index (χ4v) is 1.91. The first-order valence-corrected chi connectivity index (χ1v) is 7.41. The van der Waals surface area contributed by atoms with E-state index in [-0.39, 0.29) is 11.8 Å². The molecule has 1 aromatic heterocycles. The summed E-state index contributed by atoms with van der Waals surface area (Å²) in [6.45, 7) is 4.13. The Morgan fingerprint density at radius 2 is 1.74 bits per heavy atom. The highest BCUT2D eigenvalue weighted by Crippen LogP contribution is 2.16. The van der Waals surface area contributed by atoms with Crippen LogP contribution in [0.1, 0.15) is 47.5 Å². The van der Waals surface area contributed by atoms with Gasteiger partial charge in [-0.15, -0.1) is 0 Å². The lowest BCUT2D eigenvalue weighted by Gasteiger charge is -2.15. The SMILES string of the molecule is CCC(CC)Oc1ccc(C(=O)NNC(=O)c2ccon2)cc1. The fourth-order valence-electron chi connectivity index (χ4n) is 1.91. The van der Waals surface area contributed by atoms with Crippen LogP contribution in [0.4, 0.5) is 0 Å². The monoisotopic (exact) mass is 317 g/mol. The first-order valence-electron chi connectivity index (χ1n) is 7.41. The highest BCUT2D eigenvalue weighted by molar-refractivity contribution is 5.98. The van der Waals surface area contributed by atoms with Gasteiger partial charge in [0.15, 0.2) is 5.69 Å². The molecule has 0 bridgehead atoms. The lowest BCUT2D eigenvalue weighted by atomic mass is 10.2. The number of ether oxygens (including phenoxy) is 1. The van der Waals surface area contributed by atoms with Crippen LogP contribution in [0.2, 0.25) is 0 Å². The number of hydrogen-bond donors (Lipinski definition) is 2. The number of aromatic nitrogens is 1. The molecule has 0 saturated heterocycles. The maximum Gasteiger partial charge on any atom is 0.291 e. The molecule has 2 N–H and O–H groups in total. The van der Waals surface area contributed by atoms with Gasteiger partial charge in [-0.05, 0) is 37.1 Å². The van der Waals surface area contributed by atoms with Crippen LogP contribution >= 0.6 is 0 Å². The van der Waals surface area contributed by atoms with Gasteiger partial charge >= 0.3 is 0 Å². The van der Waals surface area contributed by atoms with E-state index in [4.69, 9.17) is 4.74 Å². The fraction of sp³-hybridized carbons (Fsp3) is 0.312. The first-order chi connectivity index (χ1) is 11.1. The molecule has 23 heavy (non-hydrogen) atoms. The summed E-state index contributed by atoms with van der Waals surface area (Å²) < 4.78 is 10.3. The first kappa shape index (κ1) is 16.5. The maximum absolute atomic E-state index is 12.0. The van der Waals surface area contributed by atoms with Crippen molar-refractivity contribution >= 4 is 11.8 Å². The van der Waals surface area contributed by atoms with Crippen LogP contribution in [-0.2, 0) is 0 Å². The number of hydrogen-bond acceptors (Lipinski definition) is 5. The Morgan fingerprint density at radius 1 is 1.09 bits per heavy atom. The summed E-state index contributed by atoms with van der Waals surface area (Å²) in [4.78, 5) is 23.6. The van der Waals surface area contributed by atoms with Crippen molar-refractivity contribution in [3.05, 3.63) is 47.9 Å². The van der Waals surface area contributed by atoms with Crippen LogP contribution < -0.4 is 15.6 Å². The Balaban J connectivity index is 1.88. The number of hydrazine groups is 1. The molecule has 0 aliphatic carbocycles. The topological polar surface area (TPSA) is 93.5 Å². The minimum Gasteiger partial charge on any atom is -0.490 e. The number of nitrogens with one attached hydrogen (secondary N) is 2. The zero-order chi connectivity index (χ0) is 16.7. The van der Waals surface area contributed by atoms with Crippen molar-refractivity contribution in [2.75, 3.05) is 0 Å². The molecule has 0 radical (unpaired) electrons. The van der Waals surface area contributed by atoms with Gasteiger partial charge < -0.3 is 9.26 Å². The molecule has 0 aliphatic rings. The lowest BCUT2D eigenvalue weighted by molar-refractivity contribution is 0.0841. The van der Waals surface area contributed by atoms with Crippen LogP contribution in [0.15, 0.2) is 41.1 Å². The summed E-state index contributed by atoms with van der Waals surface area (Å²) >= 11 is 0. The van der Waals surface area contributed by atoms with Crippen molar-refractivity contribution < 1.29 is 18.8 Å². The molecule has 7 heteroatoms. The summed E-state index contributed by atoms with van der Waals surface area (Å²) in [5.41, 5.74) is 5.05. The van der Waals surface area contributed by atoms with Crippen molar-refractivity contribution in [1.82, 2.24) is 16.0 Å². The minimum absolute atomic E-state index is 0.0826. The van der Waals surface area contributed by atoms with Gasteiger partial charge in [0.25, 0.3) is 11.8 Å². The Bertz CT molecular complexity index is 634. The minimum atomic E-state index is -0.555. The predicted molar refractivity (Wildman–Crippen MR) is 82.9 cm³/mol. The van der Waals surface area contributed by atoms with Crippen LogP contribution in [-0.4, -0.2) is 23.1 Å². The van der Waals surface area contributed by atoms with Crippen LogP contribution in [0.5, 0.6) is 5.75 Å². The van der Waals surface area contributed by atoms with Gasteiger partial charge in [0.1, 0.15) is 12.0 Å². The Morgan fingerprint density at radius 3 is 2.30 bits per heavy atom. The summed E-state index contributed by atoms with van der Waals surface area (Å²) in [5, 5.41) is 3.47. The van der Waals surface area contributed by atoms with Crippen molar-refractivity contribution in [1.29, 1.82) is 0 Å². The Kier molecular flexibility index (Phi) is 5.74. The van der Waals surface area contributed by atoms with Crippen molar-refractivity contribution in [3.63, 3.8) is 0 Å². The van der Waals surface area contributed by atoms with Gasteiger partial charge in [0.2, 0.25) is 0 Å². The number of rotatable bonds is 6. The predicted octanol–water partition coefficient (Wildman–Crippen LogP) is 2.32. The Labute approximate surface area is 134 Å². The lowest BCUT2D eigenvalue weighted by Crippen LogP contribution is -2.41. The largest absolute Gasteiger partial charge is 0.490 e. The quantitative estimate of drug-likeness (QED) is 0.797. The summed E-state index contributed by atoms with van der Waals surface area (Å²) in [6, 6.07) is 8.12. The third-order valence-electron chi connectivity index (χ3n) is 3.29. The molecule has 1 heterocycles. The number of nitrogens with zero attached hydrogens (tertiary/aromatic N) is 1. The van der Waals surface area contributed by atoms with E-state index in [1.807, 2.05) is 0 Å². The normalized spacial score (nSPS) is 10.4. The summed E-state index contributed by atoms with van der Waals surface area (Å²) in [5.74, 6) is -0.279. The van der Waals surface area contributed by atoms with E-state index in [1.165, 1.54) is 12.3 Å². The van der Waals surface area contributed by atoms with E-state index in [0.717, 1.165) is 12.8 Å². The molecule has 0 spiro atoms. The molecule has 1 aromatic carbocycles. The number of benzene rings is 1. The molecule has 0 fully saturated rings. The van der Waals surface area contributed by atoms with Gasteiger partial charge in [-0.25, -0.2) is 0 Å². The molecule has 122 valence electrons. The van der Waals surface area contributed by atoms with Gasteiger partial charge in [-0.2, -0.15) is 0 Å². The van der Waals surface area contributed by atoms with Crippen LogP contribution in [0, 0.1) is 0 Å².